The Balaban J connectivity index is 1.79. The highest BCUT2D eigenvalue weighted by atomic mass is 19.1. The number of hydrogen-bond acceptors (Lipinski definition) is 4. The summed E-state index contributed by atoms with van der Waals surface area (Å²) in [4.78, 5) is 44.7. The summed E-state index contributed by atoms with van der Waals surface area (Å²) < 4.78 is 15.0. The zero-order chi connectivity index (χ0) is 20.3. The van der Waals surface area contributed by atoms with Crippen molar-refractivity contribution in [2.75, 3.05) is 0 Å². The maximum absolute atomic E-state index is 13.3. The minimum absolute atomic E-state index is 0.0398. The molecule has 1 amide bonds. The van der Waals surface area contributed by atoms with Crippen LogP contribution < -0.4 is 16.6 Å². The Kier molecular flexibility index (Phi) is 5.53. The largest absolute Gasteiger partial charge is 0.342 e. The number of carbonyl (C=O) groups excluding carboxylic acids is 1. The Morgan fingerprint density at radius 3 is 2.57 bits per heavy atom. The number of amides is 1. The second-order valence-electron chi connectivity index (χ2n) is 6.46. The molecule has 0 unspecified atom stereocenters. The standard InChI is InChI=1S/C19H20FN5O3/c1-11-14(18(27)24-19(28)22-11)7-8-15(26)23-16(17-21-9-10-25(17)2)12-3-5-13(20)6-4-12/h3-6,9-10,16H,7-8H2,1-2H3,(H,23,26)(H2,22,24,27,28)/t16-/m0/s1. The van der Waals surface area contributed by atoms with Crippen molar-refractivity contribution in [3.63, 3.8) is 0 Å². The minimum atomic E-state index is -0.582. The van der Waals surface area contributed by atoms with Gasteiger partial charge in [-0.25, -0.2) is 14.2 Å². The normalized spacial score (nSPS) is 12.0. The van der Waals surface area contributed by atoms with Gasteiger partial charge in [0.15, 0.2) is 0 Å². The number of aromatic nitrogens is 4. The van der Waals surface area contributed by atoms with E-state index in [2.05, 4.69) is 20.3 Å². The van der Waals surface area contributed by atoms with Crippen LogP contribution in [0.5, 0.6) is 0 Å². The van der Waals surface area contributed by atoms with Gasteiger partial charge in [0.05, 0.1) is 0 Å². The van der Waals surface area contributed by atoms with Crippen LogP contribution in [0.3, 0.4) is 0 Å². The Morgan fingerprint density at radius 2 is 1.96 bits per heavy atom. The third kappa shape index (κ3) is 4.25. The Hall–Kier alpha value is -3.49. The van der Waals surface area contributed by atoms with Crippen LogP contribution in [-0.2, 0) is 18.3 Å². The average Bonchev–Trinajstić information content (AvgIpc) is 3.05. The van der Waals surface area contributed by atoms with Gasteiger partial charge in [0.2, 0.25) is 5.91 Å². The molecular weight excluding hydrogens is 365 g/mol. The van der Waals surface area contributed by atoms with E-state index in [1.54, 1.807) is 43.1 Å². The van der Waals surface area contributed by atoms with Gasteiger partial charge in [-0.1, -0.05) is 12.1 Å². The van der Waals surface area contributed by atoms with Gasteiger partial charge in [0, 0.05) is 37.1 Å². The number of nitrogens with zero attached hydrogens (tertiary/aromatic N) is 2. The molecule has 8 nitrogen and oxygen atoms in total. The predicted octanol–water partition coefficient (Wildman–Crippen LogP) is 1.08. The smallest absolute Gasteiger partial charge is 0.325 e. The fourth-order valence-electron chi connectivity index (χ4n) is 3.01. The number of halogens is 1. The predicted molar refractivity (Wildman–Crippen MR) is 100 cm³/mol. The summed E-state index contributed by atoms with van der Waals surface area (Å²) in [5.74, 6) is -0.0817. The molecular formula is C19H20FN5O3. The highest BCUT2D eigenvalue weighted by Crippen LogP contribution is 2.21. The molecule has 3 rings (SSSR count). The molecule has 2 aromatic heterocycles. The van der Waals surface area contributed by atoms with E-state index in [4.69, 9.17) is 0 Å². The highest BCUT2D eigenvalue weighted by molar-refractivity contribution is 5.77. The van der Waals surface area contributed by atoms with E-state index < -0.39 is 17.3 Å². The van der Waals surface area contributed by atoms with Gasteiger partial charge in [0.25, 0.3) is 5.56 Å². The quantitative estimate of drug-likeness (QED) is 0.589. The molecule has 28 heavy (non-hydrogen) atoms. The topological polar surface area (TPSA) is 113 Å². The first-order valence-electron chi connectivity index (χ1n) is 8.69. The third-order valence-corrected chi connectivity index (χ3v) is 4.48. The van der Waals surface area contributed by atoms with E-state index in [-0.39, 0.29) is 24.6 Å². The number of aryl methyl sites for hydroxylation is 2. The van der Waals surface area contributed by atoms with Gasteiger partial charge in [0.1, 0.15) is 17.7 Å². The van der Waals surface area contributed by atoms with Crippen molar-refractivity contribution >= 4 is 5.91 Å². The number of imidazole rings is 1. The molecule has 0 aliphatic carbocycles. The van der Waals surface area contributed by atoms with Gasteiger partial charge < -0.3 is 14.9 Å². The average molecular weight is 385 g/mol. The molecule has 1 atom stereocenters. The highest BCUT2D eigenvalue weighted by Gasteiger charge is 2.21. The number of nitrogens with one attached hydrogen (secondary N) is 3. The SMILES string of the molecule is Cc1[nH]c(=O)[nH]c(=O)c1CCC(=O)N[C@@H](c1ccc(F)cc1)c1nccn1C. The molecule has 0 saturated heterocycles. The molecule has 3 aromatic rings. The Bertz CT molecular complexity index is 1100. The van der Waals surface area contributed by atoms with E-state index in [1.807, 2.05) is 0 Å². The van der Waals surface area contributed by atoms with Crippen LogP contribution in [-0.4, -0.2) is 25.4 Å². The first-order chi connectivity index (χ1) is 13.3. The zero-order valence-electron chi connectivity index (χ0n) is 15.5. The lowest BCUT2D eigenvalue weighted by atomic mass is 10.0. The Labute approximate surface area is 159 Å². The molecule has 0 bridgehead atoms. The monoisotopic (exact) mass is 385 g/mol. The molecule has 0 radical (unpaired) electrons. The van der Waals surface area contributed by atoms with Crippen LogP contribution in [0, 0.1) is 12.7 Å². The summed E-state index contributed by atoms with van der Waals surface area (Å²) in [6.07, 6.45) is 3.57. The molecule has 2 heterocycles. The van der Waals surface area contributed by atoms with Crippen molar-refractivity contribution in [1.29, 1.82) is 0 Å². The van der Waals surface area contributed by atoms with Crippen LogP contribution in [0.15, 0.2) is 46.2 Å². The molecule has 0 saturated carbocycles. The first kappa shape index (κ1) is 19.3. The summed E-state index contributed by atoms with van der Waals surface area (Å²) in [6.45, 7) is 1.61. The fourth-order valence-corrected chi connectivity index (χ4v) is 3.01. The summed E-state index contributed by atoms with van der Waals surface area (Å²) >= 11 is 0. The Morgan fingerprint density at radius 1 is 1.25 bits per heavy atom. The van der Waals surface area contributed by atoms with E-state index in [0.29, 0.717) is 22.6 Å². The molecule has 1 aromatic carbocycles. The van der Waals surface area contributed by atoms with Gasteiger partial charge in [-0.15, -0.1) is 0 Å². The van der Waals surface area contributed by atoms with Crippen molar-refractivity contribution in [2.24, 2.45) is 7.05 Å². The molecule has 146 valence electrons. The van der Waals surface area contributed by atoms with Crippen LogP contribution in [0.2, 0.25) is 0 Å². The van der Waals surface area contributed by atoms with Crippen LogP contribution >= 0.6 is 0 Å². The van der Waals surface area contributed by atoms with Crippen LogP contribution in [0.4, 0.5) is 4.39 Å². The van der Waals surface area contributed by atoms with Gasteiger partial charge in [-0.05, 0) is 31.0 Å². The van der Waals surface area contributed by atoms with Crippen molar-refractivity contribution in [3.8, 4) is 0 Å². The molecule has 0 aliphatic rings. The summed E-state index contributed by atoms with van der Waals surface area (Å²) in [7, 11) is 1.80. The maximum Gasteiger partial charge on any atom is 0.325 e. The fraction of sp³-hybridized carbons (Fsp3) is 0.263. The van der Waals surface area contributed by atoms with Gasteiger partial charge in [-0.2, -0.15) is 0 Å². The molecule has 3 N–H and O–H groups in total. The van der Waals surface area contributed by atoms with Crippen molar-refractivity contribution in [3.05, 3.63) is 86.0 Å². The first-order valence-corrected chi connectivity index (χ1v) is 8.69. The van der Waals surface area contributed by atoms with E-state index >= 15 is 0 Å². The van der Waals surface area contributed by atoms with E-state index in [9.17, 15) is 18.8 Å². The lowest BCUT2D eigenvalue weighted by Gasteiger charge is -2.19. The number of H-pyrrole nitrogens is 2. The summed E-state index contributed by atoms with van der Waals surface area (Å²) in [5, 5.41) is 2.89. The van der Waals surface area contributed by atoms with Gasteiger partial charge >= 0.3 is 5.69 Å². The van der Waals surface area contributed by atoms with Gasteiger partial charge in [-0.3, -0.25) is 14.6 Å². The molecule has 0 aliphatic heterocycles. The zero-order valence-corrected chi connectivity index (χ0v) is 15.5. The van der Waals surface area contributed by atoms with Crippen molar-refractivity contribution < 1.29 is 9.18 Å². The van der Waals surface area contributed by atoms with Crippen LogP contribution in [0.1, 0.15) is 35.1 Å². The second-order valence-corrected chi connectivity index (χ2v) is 6.46. The van der Waals surface area contributed by atoms with Crippen molar-refractivity contribution in [1.82, 2.24) is 24.8 Å². The second kappa shape index (κ2) is 8.03. The summed E-state index contributed by atoms with van der Waals surface area (Å²) in [6, 6.07) is 5.25. The van der Waals surface area contributed by atoms with E-state index in [0.717, 1.165) is 0 Å². The third-order valence-electron chi connectivity index (χ3n) is 4.48. The lowest BCUT2D eigenvalue weighted by molar-refractivity contribution is -0.121. The van der Waals surface area contributed by atoms with Crippen molar-refractivity contribution in [2.45, 2.75) is 25.8 Å². The summed E-state index contributed by atoms with van der Waals surface area (Å²) in [5.41, 5.74) is 0.378. The molecule has 0 fully saturated rings. The number of carbonyl (C=O) groups is 1. The molecule has 9 heteroatoms. The number of hydrogen-bond donors (Lipinski definition) is 3. The lowest BCUT2D eigenvalue weighted by Crippen LogP contribution is -2.32. The minimum Gasteiger partial charge on any atom is -0.342 e. The number of benzene rings is 1. The maximum atomic E-state index is 13.3. The van der Waals surface area contributed by atoms with Crippen LogP contribution in [0.25, 0.3) is 0 Å². The van der Waals surface area contributed by atoms with E-state index in [1.165, 1.54) is 12.1 Å². The molecule has 0 spiro atoms. The number of aromatic amines is 2. The number of rotatable bonds is 6.